The molecule has 0 aliphatic carbocycles. The van der Waals surface area contributed by atoms with Gasteiger partial charge in [-0.25, -0.2) is 0 Å². The molecule has 0 saturated carbocycles. The van der Waals surface area contributed by atoms with E-state index in [1.165, 1.54) is 37.7 Å². The van der Waals surface area contributed by atoms with Crippen LogP contribution in [0.2, 0.25) is 0 Å². The number of rotatable bonds is 2. The van der Waals surface area contributed by atoms with Gasteiger partial charge in [0.05, 0.1) is 10.9 Å². The minimum atomic E-state index is -0.212. The van der Waals surface area contributed by atoms with Gasteiger partial charge in [0.2, 0.25) is 5.91 Å². The van der Waals surface area contributed by atoms with Gasteiger partial charge in [-0.1, -0.05) is 6.07 Å². The first kappa shape index (κ1) is 26.0. The normalized spacial score (nSPS) is 17.0. The standard InChI is InChI=1S/C17H16N2O2S2.C4H9N.2H2O.H2/c1-10-17(21)19(2)14-8-11(6-7-15(14)23-10)16(20)18-12-4-3-5-13(22)9-12;1-2-4-5-3-1;;;/h3-10,22H,1-2H3,(H,18,20);5H,1-4H2;2*1H2;1H. The molecule has 2 aliphatic heterocycles. The fraction of sp³-hybridized carbons (Fsp3) is 0.333. The van der Waals surface area contributed by atoms with Crippen molar-refractivity contribution >= 4 is 47.6 Å². The molecule has 2 amide bonds. The van der Waals surface area contributed by atoms with Crippen molar-refractivity contribution in [3.05, 3.63) is 48.0 Å². The molecular weight excluding hydrogens is 422 g/mol. The molecule has 0 bridgehead atoms. The van der Waals surface area contributed by atoms with E-state index in [1.54, 1.807) is 30.1 Å². The van der Waals surface area contributed by atoms with Gasteiger partial charge in [0.25, 0.3) is 5.91 Å². The Balaban J connectivity index is 0.000000995. The maximum Gasteiger partial charge on any atom is 0.255 e. The van der Waals surface area contributed by atoms with E-state index >= 15 is 0 Å². The zero-order valence-corrected chi connectivity index (χ0v) is 18.8. The Kier molecular flexibility index (Phi) is 10.4. The van der Waals surface area contributed by atoms with Crippen LogP contribution in [-0.4, -0.2) is 48.2 Å². The van der Waals surface area contributed by atoms with Crippen LogP contribution in [0.15, 0.2) is 52.3 Å². The molecule has 0 spiro atoms. The molecule has 2 aromatic rings. The monoisotopic (exact) mass is 453 g/mol. The number of nitrogens with one attached hydrogen (secondary N) is 2. The van der Waals surface area contributed by atoms with Crippen LogP contribution in [0.1, 0.15) is 31.6 Å². The number of anilines is 2. The zero-order valence-electron chi connectivity index (χ0n) is 17.1. The third-order valence-electron chi connectivity index (χ3n) is 4.63. The van der Waals surface area contributed by atoms with Crippen LogP contribution in [0.4, 0.5) is 11.4 Å². The topological polar surface area (TPSA) is 124 Å². The highest BCUT2D eigenvalue weighted by molar-refractivity contribution is 8.01. The molecule has 1 unspecified atom stereocenters. The second kappa shape index (κ2) is 12.0. The van der Waals surface area contributed by atoms with Crippen molar-refractivity contribution in [2.45, 2.75) is 34.8 Å². The van der Waals surface area contributed by atoms with E-state index < -0.39 is 0 Å². The number of fused-ring (bicyclic) bond motifs is 1. The molecule has 0 aromatic heterocycles. The summed E-state index contributed by atoms with van der Waals surface area (Å²) in [6.45, 7) is 4.39. The largest absolute Gasteiger partial charge is 0.412 e. The predicted octanol–water partition coefficient (Wildman–Crippen LogP) is 2.65. The average Bonchev–Trinajstić information content (AvgIpc) is 3.26. The Bertz CT molecular complexity index is 874. The minimum Gasteiger partial charge on any atom is -0.412 e. The van der Waals surface area contributed by atoms with Gasteiger partial charge in [-0.2, -0.15) is 0 Å². The average molecular weight is 454 g/mol. The molecule has 9 heteroatoms. The predicted molar refractivity (Wildman–Crippen MR) is 128 cm³/mol. The van der Waals surface area contributed by atoms with Crippen LogP contribution >= 0.6 is 24.4 Å². The molecule has 166 valence electrons. The van der Waals surface area contributed by atoms with Gasteiger partial charge in [-0.15, -0.1) is 24.4 Å². The van der Waals surface area contributed by atoms with Crippen molar-refractivity contribution in [1.29, 1.82) is 0 Å². The number of carbonyl (C=O) groups excluding carboxylic acids is 2. The summed E-state index contributed by atoms with van der Waals surface area (Å²) >= 11 is 5.78. The summed E-state index contributed by atoms with van der Waals surface area (Å²) in [5.74, 6) is -0.168. The van der Waals surface area contributed by atoms with Crippen LogP contribution in [0.3, 0.4) is 0 Å². The lowest BCUT2D eigenvalue weighted by atomic mass is 10.1. The van der Waals surface area contributed by atoms with Crippen molar-refractivity contribution in [3.8, 4) is 0 Å². The second-order valence-electron chi connectivity index (χ2n) is 6.80. The lowest BCUT2D eigenvalue weighted by Gasteiger charge is -2.29. The number of carbonyl (C=O) groups is 2. The zero-order chi connectivity index (χ0) is 20.1. The number of hydrogen-bond donors (Lipinski definition) is 3. The van der Waals surface area contributed by atoms with E-state index in [-0.39, 0.29) is 29.4 Å². The van der Waals surface area contributed by atoms with Crippen molar-refractivity contribution in [3.63, 3.8) is 0 Å². The highest BCUT2D eigenvalue weighted by Gasteiger charge is 2.28. The highest BCUT2D eigenvalue weighted by atomic mass is 32.2. The van der Waals surface area contributed by atoms with E-state index in [9.17, 15) is 9.59 Å². The van der Waals surface area contributed by atoms with E-state index in [0.29, 0.717) is 11.3 Å². The fourth-order valence-electron chi connectivity index (χ4n) is 3.06. The summed E-state index contributed by atoms with van der Waals surface area (Å²) in [6, 6.07) is 12.7. The Morgan fingerprint density at radius 1 is 1.20 bits per heavy atom. The van der Waals surface area contributed by atoms with Crippen LogP contribution in [0.5, 0.6) is 0 Å². The quantitative estimate of drug-likeness (QED) is 0.605. The van der Waals surface area contributed by atoms with E-state index in [4.69, 9.17) is 0 Å². The summed E-state index contributed by atoms with van der Waals surface area (Å²) in [4.78, 5) is 27.9. The van der Waals surface area contributed by atoms with Gasteiger partial charge in [0, 0.05) is 29.5 Å². The fourth-order valence-corrected chi connectivity index (χ4v) is 4.39. The molecule has 0 radical (unpaired) electrons. The Labute approximate surface area is 188 Å². The van der Waals surface area contributed by atoms with Crippen LogP contribution in [-0.2, 0) is 4.79 Å². The molecule has 2 aliphatic rings. The first-order valence-electron chi connectivity index (χ1n) is 9.35. The summed E-state index contributed by atoms with van der Waals surface area (Å²) in [7, 11) is 1.74. The molecule has 30 heavy (non-hydrogen) atoms. The Hall–Kier alpha value is -2.04. The molecule has 1 saturated heterocycles. The SMILES string of the molecule is C1CCNC1.CC1Sc2ccc(C(=O)Nc3cccc(S)c3)cc2N(C)C1=O.O.O.[HH]. The molecule has 1 fully saturated rings. The highest BCUT2D eigenvalue weighted by Crippen LogP contribution is 2.38. The summed E-state index contributed by atoms with van der Waals surface area (Å²) < 4.78 is 0. The second-order valence-corrected chi connectivity index (χ2v) is 8.70. The summed E-state index contributed by atoms with van der Waals surface area (Å²) in [5.41, 5.74) is 1.98. The molecule has 7 nitrogen and oxygen atoms in total. The number of amides is 2. The minimum absolute atomic E-state index is 0. The van der Waals surface area contributed by atoms with Gasteiger partial charge in [0.1, 0.15) is 0 Å². The smallest absolute Gasteiger partial charge is 0.255 e. The number of thioether (sulfide) groups is 1. The molecule has 4 rings (SSSR count). The van der Waals surface area contributed by atoms with Gasteiger partial charge >= 0.3 is 0 Å². The lowest BCUT2D eigenvalue weighted by Crippen LogP contribution is -2.36. The van der Waals surface area contributed by atoms with Gasteiger partial charge in [-0.05, 0) is 69.3 Å². The maximum absolute atomic E-state index is 12.4. The third-order valence-corrected chi connectivity index (χ3v) is 6.06. The lowest BCUT2D eigenvalue weighted by molar-refractivity contribution is -0.117. The van der Waals surface area contributed by atoms with Crippen molar-refractivity contribution in [2.24, 2.45) is 0 Å². The first-order valence-corrected chi connectivity index (χ1v) is 10.7. The molecule has 2 aromatic carbocycles. The van der Waals surface area contributed by atoms with Crippen LogP contribution < -0.4 is 15.5 Å². The first-order chi connectivity index (χ1) is 13.5. The van der Waals surface area contributed by atoms with Gasteiger partial charge in [-0.3, -0.25) is 9.59 Å². The molecule has 1 atom stereocenters. The number of thiol groups is 1. The van der Waals surface area contributed by atoms with E-state index in [2.05, 4.69) is 23.3 Å². The van der Waals surface area contributed by atoms with Crippen molar-refractivity contribution in [2.75, 3.05) is 30.4 Å². The molecule has 2 heterocycles. The number of hydrogen-bond acceptors (Lipinski definition) is 5. The Morgan fingerprint density at radius 2 is 1.90 bits per heavy atom. The molecule has 6 N–H and O–H groups in total. The molecular formula is C21H31N3O4S2. The van der Waals surface area contributed by atoms with E-state index in [0.717, 1.165) is 15.5 Å². The van der Waals surface area contributed by atoms with Gasteiger partial charge < -0.3 is 26.5 Å². The number of benzene rings is 2. The summed E-state index contributed by atoms with van der Waals surface area (Å²) in [5, 5.41) is 5.96. The summed E-state index contributed by atoms with van der Waals surface area (Å²) in [6.07, 6.45) is 2.78. The van der Waals surface area contributed by atoms with Crippen LogP contribution in [0.25, 0.3) is 0 Å². The van der Waals surface area contributed by atoms with Crippen molar-refractivity contribution < 1.29 is 22.0 Å². The third kappa shape index (κ3) is 6.48. The maximum atomic E-state index is 12.4. The van der Waals surface area contributed by atoms with Crippen LogP contribution in [0, 0.1) is 0 Å². The Morgan fingerprint density at radius 3 is 2.50 bits per heavy atom. The van der Waals surface area contributed by atoms with Crippen molar-refractivity contribution in [1.82, 2.24) is 5.32 Å². The number of nitrogens with zero attached hydrogens (tertiary/aromatic N) is 1. The van der Waals surface area contributed by atoms with Gasteiger partial charge in [0.15, 0.2) is 0 Å². The van der Waals surface area contributed by atoms with E-state index in [1.807, 2.05) is 31.2 Å².